The number of rotatable bonds is 4. The van der Waals surface area contributed by atoms with Crippen LogP contribution in [0.3, 0.4) is 0 Å². The molecule has 0 bridgehead atoms. The van der Waals surface area contributed by atoms with Crippen LogP contribution in [-0.4, -0.2) is 20.5 Å². The topological polar surface area (TPSA) is 42.2 Å². The van der Waals surface area contributed by atoms with Crippen molar-refractivity contribution in [2.24, 2.45) is 5.92 Å². The molecule has 3 heteroatoms. The maximum absolute atomic E-state index is 8.77. The van der Waals surface area contributed by atoms with E-state index in [1.54, 1.807) is 20.3 Å². The number of allylic oxidation sites excluding steroid dienone is 1. The Kier molecular flexibility index (Phi) is 5.38. The normalized spacial score (nSPS) is 19.2. The quantitative estimate of drug-likeness (QED) is 0.528. The van der Waals surface area contributed by atoms with Gasteiger partial charge in [-0.2, -0.15) is 5.26 Å². The summed E-state index contributed by atoms with van der Waals surface area (Å²) in [5.41, 5.74) is 1.00. The molecule has 15 heavy (non-hydrogen) atoms. The summed E-state index contributed by atoms with van der Waals surface area (Å²) < 4.78 is 10.5. The highest BCUT2D eigenvalue weighted by atomic mass is 16.7. The van der Waals surface area contributed by atoms with Crippen LogP contribution in [0.5, 0.6) is 0 Å². The average molecular weight is 209 g/mol. The Morgan fingerprint density at radius 1 is 1.27 bits per heavy atom. The predicted octanol–water partition coefficient (Wildman–Crippen LogP) is 2.64. The van der Waals surface area contributed by atoms with E-state index in [1.807, 2.05) is 0 Å². The molecule has 0 aromatic rings. The summed E-state index contributed by atoms with van der Waals surface area (Å²) in [5.74, 6) is 0.461. The minimum atomic E-state index is -0.354. The van der Waals surface area contributed by atoms with Crippen LogP contribution in [0.1, 0.15) is 32.1 Å². The fraction of sp³-hybridized carbons (Fsp3) is 0.750. The number of nitrogens with zero attached hydrogens (tertiary/aromatic N) is 1. The lowest BCUT2D eigenvalue weighted by molar-refractivity contribution is -0.0814. The monoisotopic (exact) mass is 209 g/mol. The predicted molar refractivity (Wildman–Crippen MR) is 58.1 cm³/mol. The molecule has 0 unspecified atom stereocenters. The molecule has 0 spiro atoms. The molecule has 1 rings (SSSR count). The van der Waals surface area contributed by atoms with Crippen molar-refractivity contribution in [3.05, 3.63) is 11.6 Å². The van der Waals surface area contributed by atoms with E-state index in [1.165, 1.54) is 19.3 Å². The van der Waals surface area contributed by atoms with Crippen LogP contribution < -0.4 is 0 Å². The van der Waals surface area contributed by atoms with E-state index in [0.29, 0.717) is 5.92 Å². The second-order valence-corrected chi connectivity index (χ2v) is 3.91. The van der Waals surface area contributed by atoms with Gasteiger partial charge >= 0.3 is 0 Å². The second kappa shape index (κ2) is 6.60. The summed E-state index contributed by atoms with van der Waals surface area (Å²) in [5, 5.41) is 8.77. The first-order valence-electron chi connectivity index (χ1n) is 5.48. The molecule has 0 N–H and O–H groups in total. The van der Waals surface area contributed by atoms with Gasteiger partial charge in [0.2, 0.25) is 0 Å². The number of methoxy groups -OCH3 is 2. The van der Waals surface area contributed by atoms with E-state index < -0.39 is 0 Å². The molecule has 1 aliphatic rings. The van der Waals surface area contributed by atoms with Crippen LogP contribution >= 0.6 is 0 Å². The molecular weight excluding hydrogens is 190 g/mol. The highest BCUT2D eigenvalue weighted by molar-refractivity contribution is 5.19. The molecule has 0 amide bonds. The molecule has 3 nitrogen and oxygen atoms in total. The third-order valence-corrected chi connectivity index (χ3v) is 3.01. The Morgan fingerprint density at radius 3 is 2.33 bits per heavy atom. The van der Waals surface area contributed by atoms with Gasteiger partial charge in [-0.05, 0) is 24.3 Å². The van der Waals surface area contributed by atoms with E-state index in [0.717, 1.165) is 18.4 Å². The van der Waals surface area contributed by atoms with Crippen LogP contribution in [-0.2, 0) is 9.47 Å². The molecule has 0 aromatic carbocycles. The minimum absolute atomic E-state index is 0.354. The molecular formula is C12H19NO2. The van der Waals surface area contributed by atoms with Gasteiger partial charge in [-0.15, -0.1) is 0 Å². The summed E-state index contributed by atoms with van der Waals surface area (Å²) in [6.07, 6.45) is 7.33. The van der Waals surface area contributed by atoms with Gasteiger partial charge in [-0.25, -0.2) is 0 Å². The maximum atomic E-state index is 8.77. The van der Waals surface area contributed by atoms with Gasteiger partial charge in [0.1, 0.15) is 0 Å². The minimum Gasteiger partial charge on any atom is -0.352 e. The lowest BCUT2D eigenvalue weighted by atomic mass is 9.83. The molecule has 0 radical (unpaired) electrons. The Balaban J connectivity index is 2.72. The summed E-state index contributed by atoms with van der Waals surface area (Å²) in [6, 6.07) is 2.09. The molecule has 0 atom stereocenters. The van der Waals surface area contributed by atoms with E-state index in [4.69, 9.17) is 14.7 Å². The Bertz CT molecular complexity index is 245. The van der Waals surface area contributed by atoms with Crippen LogP contribution in [0.4, 0.5) is 0 Å². The molecule has 0 aliphatic heterocycles. The van der Waals surface area contributed by atoms with E-state index in [2.05, 4.69) is 6.07 Å². The van der Waals surface area contributed by atoms with E-state index in [-0.39, 0.29) is 6.29 Å². The largest absolute Gasteiger partial charge is 0.352 e. The van der Waals surface area contributed by atoms with Crippen molar-refractivity contribution >= 4 is 0 Å². The number of hydrogen-bond donors (Lipinski definition) is 0. The smallest absolute Gasteiger partial charge is 0.180 e. The molecule has 84 valence electrons. The molecule has 1 saturated carbocycles. The van der Waals surface area contributed by atoms with Gasteiger partial charge in [0, 0.05) is 20.3 Å². The highest BCUT2D eigenvalue weighted by Crippen LogP contribution is 2.32. The van der Waals surface area contributed by atoms with Crippen molar-refractivity contribution in [1.82, 2.24) is 0 Å². The van der Waals surface area contributed by atoms with Crippen molar-refractivity contribution in [2.45, 2.75) is 38.4 Å². The molecule has 1 aliphatic carbocycles. The Labute approximate surface area is 91.7 Å². The van der Waals surface area contributed by atoms with Crippen molar-refractivity contribution in [2.75, 3.05) is 14.2 Å². The third kappa shape index (κ3) is 3.33. The standard InChI is InChI=1S/C12H19NO2/c1-14-12(15-2)11(8-9-13)10-6-4-3-5-7-10/h8,10,12H,3-7H2,1-2H3. The van der Waals surface area contributed by atoms with E-state index in [9.17, 15) is 0 Å². The number of hydrogen-bond acceptors (Lipinski definition) is 3. The Morgan fingerprint density at radius 2 is 1.87 bits per heavy atom. The lowest BCUT2D eigenvalue weighted by Crippen LogP contribution is -2.23. The third-order valence-electron chi connectivity index (χ3n) is 3.01. The fourth-order valence-electron chi connectivity index (χ4n) is 2.26. The zero-order valence-corrected chi connectivity index (χ0v) is 9.53. The summed E-state index contributed by atoms with van der Waals surface area (Å²) in [7, 11) is 3.23. The molecule has 1 fully saturated rings. The van der Waals surface area contributed by atoms with E-state index >= 15 is 0 Å². The van der Waals surface area contributed by atoms with Crippen molar-refractivity contribution in [3.63, 3.8) is 0 Å². The lowest BCUT2D eigenvalue weighted by Gasteiger charge is -2.27. The Hall–Kier alpha value is -0.850. The summed E-state index contributed by atoms with van der Waals surface area (Å²) in [6.45, 7) is 0. The van der Waals surface area contributed by atoms with Crippen LogP contribution in [0.25, 0.3) is 0 Å². The molecule has 0 aromatic heterocycles. The first kappa shape index (κ1) is 12.2. The van der Waals surface area contributed by atoms with Gasteiger partial charge in [-0.1, -0.05) is 19.3 Å². The van der Waals surface area contributed by atoms with Gasteiger partial charge in [-0.3, -0.25) is 0 Å². The summed E-state index contributed by atoms with van der Waals surface area (Å²) >= 11 is 0. The van der Waals surface area contributed by atoms with Crippen molar-refractivity contribution in [1.29, 1.82) is 5.26 Å². The SMILES string of the molecule is COC(OC)C(=CC#N)C1CCCCC1. The zero-order valence-electron chi connectivity index (χ0n) is 9.53. The van der Waals surface area contributed by atoms with Gasteiger partial charge < -0.3 is 9.47 Å². The number of nitriles is 1. The highest BCUT2D eigenvalue weighted by Gasteiger charge is 2.24. The van der Waals surface area contributed by atoms with Gasteiger partial charge in [0.25, 0.3) is 0 Å². The van der Waals surface area contributed by atoms with Crippen LogP contribution in [0, 0.1) is 17.2 Å². The van der Waals surface area contributed by atoms with Crippen LogP contribution in [0.15, 0.2) is 11.6 Å². The van der Waals surface area contributed by atoms with Gasteiger partial charge in [0.05, 0.1) is 6.07 Å². The first-order valence-corrected chi connectivity index (χ1v) is 5.48. The van der Waals surface area contributed by atoms with Crippen molar-refractivity contribution < 1.29 is 9.47 Å². The van der Waals surface area contributed by atoms with Crippen molar-refractivity contribution in [3.8, 4) is 6.07 Å². The fourth-order valence-corrected chi connectivity index (χ4v) is 2.26. The molecule has 0 saturated heterocycles. The maximum Gasteiger partial charge on any atom is 0.180 e. The zero-order chi connectivity index (χ0) is 11.1. The summed E-state index contributed by atoms with van der Waals surface area (Å²) in [4.78, 5) is 0. The number of ether oxygens (including phenoxy) is 2. The average Bonchev–Trinajstić information content (AvgIpc) is 2.30. The van der Waals surface area contributed by atoms with Gasteiger partial charge in [0.15, 0.2) is 6.29 Å². The second-order valence-electron chi connectivity index (χ2n) is 3.91. The molecule has 0 heterocycles. The van der Waals surface area contributed by atoms with Crippen LogP contribution in [0.2, 0.25) is 0 Å². The first-order chi connectivity index (χ1) is 7.33.